The third kappa shape index (κ3) is 4.28. The van der Waals surface area contributed by atoms with Gasteiger partial charge >= 0.3 is 0 Å². The number of ether oxygens (including phenoxy) is 1. The zero-order valence-electron chi connectivity index (χ0n) is 15.7. The second kappa shape index (κ2) is 8.80. The number of amides is 1. The fraction of sp³-hybridized carbons (Fsp3) is 0.318. The molecule has 28 heavy (non-hydrogen) atoms. The SMILES string of the molecule is O=C(COCc1ccccc1)N1CCCCC1c1nc(-c2ccccc2)no1. The maximum atomic E-state index is 12.8. The summed E-state index contributed by atoms with van der Waals surface area (Å²) in [5.74, 6) is 1.00. The van der Waals surface area contributed by atoms with Crippen LogP contribution in [0.5, 0.6) is 0 Å². The van der Waals surface area contributed by atoms with Gasteiger partial charge in [0.25, 0.3) is 0 Å². The molecule has 1 aromatic heterocycles. The van der Waals surface area contributed by atoms with Crippen molar-refractivity contribution in [3.8, 4) is 11.4 Å². The fourth-order valence-electron chi connectivity index (χ4n) is 3.48. The predicted molar refractivity (Wildman–Crippen MR) is 104 cm³/mol. The second-order valence-corrected chi connectivity index (χ2v) is 6.90. The van der Waals surface area contributed by atoms with Crippen LogP contribution in [0.25, 0.3) is 11.4 Å². The van der Waals surface area contributed by atoms with Gasteiger partial charge in [0.05, 0.1) is 6.61 Å². The minimum atomic E-state index is -0.188. The van der Waals surface area contributed by atoms with Crippen LogP contribution in [0.2, 0.25) is 0 Å². The summed E-state index contributed by atoms with van der Waals surface area (Å²) in [6.07, 6.45) is 2.82. The molecular formula is C22H23N3O3. The molecule has 6 nitrogen and oxygen atoms in total. The van der Waals surface area contributed by atoms with E-state index in [0.717, 1.165) is 30.4 Å². The molecule has 0 N–H and O–H groups in total. The highest BCUT2D eigenvalue weighted by molar-refractivity contribution is 5.78. The first-order chi connectivity index (χ1) is 13.8. The van der Waals surface area contributed by atoms with Crippen molar-refractivity contribution >= 4 is 5.91 Å². The topological polar surface area (TPSA) is 68.5 Å². The summed E-state index contributed by atoms with van der Waals surface area (Å²) in [4.78, 5) is 19.1. The fourth-order valence-corrected chi connectivity index (χ4v) is 3.48. The Morgan fingerprint density at radius 3 is 2.61 bits per heavy atom. The van der Waals surface area contributed by atoms with Crippen LogP contribution in [0, 0.1) is 0 Å². The van der Waals surface area contributed by atoms with Crippen molar-refractivity contribution in [2.45, 2.75) is 31.9 Å². The highest BCUT2D eigenvalue weighted by Crippen LogP contribution is 2.31. The molecule has 1 fully saturated rings. The van der Waals surface area contributed by atoms with Gasteiger partial charge in [0.2, 0.25) is 17.6 Å². The first-order valence-corrected chi connectivity index (χ1v) is 9.61. The summed E-state index contributed by atoms with van der Waals surface area (Å²) in [5, 5.41) is 4.10. The van der Waals surface area contributed by atoms with Gasteiger partial charge in [-0.25, -0.2) is 0 Å². The van der Waals surface area contributed by atoms with Crippen LogP contribution in [-0.2, 0) is 16.1 Å². The van der Waals surface area contributed by atoms with E-state index < -0.39 is 0 Å². The molecule has 1 amide bonds. The smallest absolute Gasteiger partial charge is 0.249 e. The van der Waals surface area contributed by atoms with E-state index >= 15 is 0 Å². The standard InChI is InChI=1S/C22H23N3O3/c26-20(16-27-15-17-9-3-1-4-10-17)25-14-8-7-13-19(25)22-23-21(24-28-22)18-11-5-2-6-12-18/h1-6,9-12,19H,7-8,13-16H2. The van der Waals surface area contributed by atoms with Crippen molar-refractivity contribution in [1.29, 1.82) is 0 Å². The summed E-state index contributed by atoms with van der Waals surface area (Å²) >= 11 is 0. The van der Waals surface area contributed by atoms with Gasteiger partial charge in [0.1, 0.15) is 12.6 Å². The molecule has 1 saturated heterocycles. The second-order valence-electron chi connectivity index (χ2n) is 6.90. The molecule has 4 rings (SSSR count). The number of aromatic nitrogens is 2. The first kappa shape index (κ1) is 18.4. The zero-order chi connectivity index (χ0) is 19.2. The van der Waals surface area contributed by atoms with Gasteiger partial charge < -0.3 is 14.2 Å². The monoisotopic (exact) mass is 377 g/mol. The van der Waals surface area contributed by atoms with E-state index in [1.807, 2.05) is 65.6 Å². The molecule has 1 unspecified atom stereocenters. The minimum Gasteiger partial charge on any atom is -0.367 e. The number of hydrogen-bond donors (Lipinski definition) is 0. The molecule has 3 aromatic rings. The summed E-state index contributed by atoms with van der Waals surface area (Å²) in [6.45, 7) is 1.15. The lowest BCUT2D eigenvalue weighted by Crippen LogP contribution is -2.40. The van der Waals surface area contributed by atoms with E-state index in [4.69, 9.17) is 9.26 Å². The first-order valence-electron chi connectivity index (χ1n) is 9.61. The number of hydrogen-bond acceptors (Lipinski definition) is 5. The Labute approximate surface area is 164 Å². The van der Waals surface area contributed by atoms with Crippen molar-refractivity contribution < 1.29 is 14.1 Å². The largest absolute Gasteiger partial charge is 0.367 e. The summed E-state index contributed by atoms with van der Waals surface area (Å²) in [7, 11) is 0. The van der Waals surface area contributed by atoms with Crippen LogP contribution >= 0.6 is 0 Å². The Morgan fingerprint density at radius 1 is 1.07 bits per heavy atom. The lowest BCUT2D eigenvalue weighted by atomic mass is 10.0. The van der Waals surface area contributed by atoms with Gasteiger partial charge in [-0.1, -0.05) is 65.8 Å². The Hall–Kier alpha value is -2.99. The summed E-state index contributed by atoms with van der Waals surface area (Å²) in [6, 6.07) is 19.4. The van der Waals surface area contributed by atoms with E-state index in [9.17, 15) is 4.79 Å². The molecule has 1 atom stereocenters. The van der Waals surface area contributed by atoms with Crippen molar-refractivity contribution in [1.82, 2.24) is 15.0 Å². The molecule has 0 saturated carbocycles. The number of carbonyl (C=O) groups is 1. The number of benzene rings is 2. The van der Waals surface area contributed by atoms with Gasteiger partial charge in [0, 0.05) is 12.1 Å². The Kier molecular flexibility index (Phi) is 5.77. The van der Waals surface area contributed by atoms with Crippen molar-refractivity contribution in [2.75, 3.05) is 13.2 Å². The van der Waals surface area contributed by atoms with Gasteiger partial charge in [0.15, 0.2) is 0 Å². The molecule has 0 aliphatic carbocycles. The number of nitrogens with zero attached hydrogens (tertiary/aromatic N) is 3. The molecule has 1 aliphatic heterocycles. The lowest BCUT2D eigenvalue weighted by molar-refractivity contribution is -0.141. The highest BCUT2D eigenvalue weighted by Gasteiger charge is 2.32. The average Bonchev–Trinajstić information content (AvgIpc) is 3.25. The molecule has 0 radical (unpaired) electrons. The zero-order valence-corrected chi connectivity index (χ0v) is 15.7. The number of rotatable bonds is 6. The number of carbonyl (C=O) groups excluding carboxylic acids is 1. The summed E-state index contributed by atoms with van der Waals surface area (Å²) in [5.41, 5.74) is 1.95. The van der Waals surface area contributed by atoms with Gasteiger partial charge in [-0.05, 0) is 24.8 Å². The molecule has 144 valence electrons. The molecule has 2 aromatic carbocycles. The van der Waals surface area contributed by atoms with Crippen molar-refractivity contribution in [3.63, 3.8) is 0 Å². The number of piperidine rings is 1. The normalized spacial score (nSPS) is 16.9. The third-order valence-electron chi connectivity index (χ3n) is 4.92. The highest BCUT2D eigenvalue weighted by atomic mass is 16.5. The van der Waals surface area contributed by atoms with E-state index in [1.165, 1.54) is 0 Å². The average molecular weight is 377 g/mol. The molecule has 2 heterocycles. The maximum absolute atomic E-state index is 12.8. The number of likely N-dealkylation sites (tertiary alicyclic amines) is 1. The predicted octanol–water partition coefficient (Wildman–Crippen LogP) is 4.01. The molecule has 0 spiro atoms. The van der Waals surface area contributed by atoms with E-state index in [1.54, 1.807) is 0 Å². The minimum absolute atomic E-state index is 0.0416. The van der Waals surface area contributed by atoms with Crippen LogP contribution in [-0.4, -0.2) is 34.1 Å². The summed E-state index contributed by atoms with van der Waals surface area (Å²) < 4.78 is 11.2. The molecule has 6 heteroatoms. The van der Waals surface area contributed by atoms with Gasteiger partial charge in [-0.15, -0.1) is 0 Å². The van der Waals surface area contributed by atoms with Crippen LogP contribution in [0.4, 0.5) is 0 Å². The van der Waals surface area contributed by atoms with Crippen LogP contribution in [0.15, 0.2) is 65.2 Å². The van der Waals surface area contributed by atoms with Crippen molar-refractivity contribution in [2.24, 2.45) is 0 Å². The van der Waals surface area contributed by atoms with Crippen LogP contribution in [0.3, 0.4) is 0 Å². The van der Waals surface area contributed by atoms with E-state index in [2.05, 4.69) is 10.1 Å². The van der Waals surface area contributed by atoms with Crippen LogP contribution < -0.4 is 0 Å². The molecule has 1 aliphatic rings. The Bertz CT molecular complexity index is 896. The lowest BCUT2D eigenvalue weighted by Gasteiger charge is -2.33. The quantitative estimate of drug-likeness (QED) is 0.649. The Balaban J connectivity index is 1.41. The van der Waals surface area contributed by atoms with E-state index in [-0.39, 0.29) is 18.6 Å². The van der Waals surface area contributed by atoms with E-state index in [0.29, 0.717) is 24.9 Å². The maximum Gasteiger partial charge on any atom is 0.249 e. The van der Waals surface area contributed by atoms with Gasteiger partial charge in [-0.3, -0.25) is 4.79 Å². The Morgan fingerprint density at radius 2 is 1.82 bits per heavy atom. The van der Waals surface area contributed by atoms with Gasteiger partial charge in [-0.2, -0.15) is 4.98 Å². The molecule has 0 bridgehead atoms. The molecular weight excluding hydrogens is 354 g/mol. The third-order valence-corrected chi connectivity index (χ3v) is 4.92. The van der Waals surface area contributed by atoms with Crippen LogP contribution in [0.1, 0.15) is 36.8 Å². The van der Waals surface area contributed by atoms with Crippen molar-refractivity contribution in [3.05, 3.63) is 72.1 Å².